The first-order valence-electron chi connectivity index (χ1n) is 9.85. The first kappa shape index (κ1) is 19.6. The molecule has 1 amide bonds. The van der Waals surface area contributed by atoms with Crippen LogP contribution in [0.3, 0.4) is 0 Å². The van der Waals surface area contributed by atoms with E-state index < -0.39 is 17.7 Å². The average molecular weight is 398 g/mol. The van der Waals surface area contributed by atoms with Gasteiger partial charge in [-0.25, -0.2) is 0 Å². The van der Waals surface area contributed by atoms with Gasteiger partial charge in [0.15, 0.2) is 0 Å². The van der Waals surface area contributed by atoms with Gasteiger partial charge in [-0.15, -0.1) is 0 Å². The van der Waals surface area contributed by atoms with E-state index in [0.29, 0.717) is 22.7 Å². The van der Waals surface area contributed by atoms with Crippen molar-refractivity contribution in [3.63, 3.8) is 0 Å². The standard InChI is InChI=1S/C25H22N2O3/c1-16(2)17-8-10-20(11-9-17)27-22(18-12-14-26-15-13-18)21(24(29)25(27)30)23(28)19-6-4-3-5-7-19/h3-16,22,28H,1-2H3/b23-21+. The Morgan fingerprint density at radius 2 is 1.57 bits per heavy atom. The second kappa shape index (κ2) is 7.95. The molecule has 5 heteroatoms. The number of carbonyl (C=O) groups excluding carboxylic acids is 2. The third kappa shape index (κ3) is 3.39. The molecule has 0 bridgehead atoms. The molecule has 2 aromatic carbocycles. The van der Waals surface area contributed by atoms with Crippen LogP contribution < -0.4 is 4.90 Å². The largest absolute Gasteiger partial charge is 0.507 e. The lowest BCUT2D eigenvalue weighted by molar-refractivity contribution is -0.132. The van der Waals surface area contributed by atoms with Crippen molar-refractivity contribution >= 4 is 23.1 Å². The summed E-state index contributed by atoms with van der Waals surface area (Å²) in [4.78, 5) is 31.6. The fourth-order valence-electron chi connectivity index (χ4n) is 3.73. The highest BCUT2D eigenvalue weighted by molar-refractivity contribution is 6.51. The van der Waals surface area contributed by atoms with E-state index in [4.69, 9.17) is 0 Å². The molecule has 0 aliphatic carbocycles. The fourth-order valence-corrected chi connectivity index (χ4v) is 3.73. The Bertz CT molecular complexity index is 1100. The lowest BCUT2D eigenvalue weighted by Crippen LogP contribution is -2.29. The third-order valence-electron chi connectivity index (χ3n) is 5.35. The lowest BCUT2D eigenvalue weighted by atomic mass is 9.95. The number of anilines is 1. The maximum absolute atomic E-state index is 13.1. The molecule has 1 N–H and O–H groups in total. The zero-order chi connectivity index (χ0) is 21.3. The monoisotopic (exact) mass is 398 g/mol. The van der Waals surface area contributed by atoms with Crippen molar-refractivity contribution in [1.82, 2.24) is 4.98 Å². The van der Waals surface area contributed by atoms with Crippen molar-refractivity contribution in [3.05, 3.63) is 101 Å². The quantitative estimate of drug-likeness (QED) is 0.388. The Labute approximate surface area is 175 Å². The number of hydrogen-bond acceptors (Lipinski definition) is 4. The molecule has 5 nitrogen and oxygen atoms in total. The third-order valence-corrected chi connectivity index (χ3v) is 5.35. The molecule has 0 saturated carbocycles. The first-order valence-corrected chi connectivity index (χ1v) is 9.85. The molecule has 0 radical (unpaired) electrons. The van der Waals surface area contributed by atoms with E-state index in [9.17, 15) is 14.7 Å². The number of aliphatic hydroxyl groups excluding tert-OH is 1. The van der Waals surface area contributed by atoms with Crippen LogP contribution in [0.5, 0.6) is 0 Å². The fraction of sp³-hybridized carbons (Fsp3) is 0.160. The Kier molecular flexibility index (Phi) is 5.19. The van der Waals surface area contributed by atoms with Gasteiger partial charge >= 0.3 is 0 Å². The molecular weight excluding hydrogens is 376 g/mol. The Morgan fingerprint density at radius 3 is 2.17 bits per heavy atom. The minimum atomic E-state index is -0.738. The summed E-state index contributed by atoms with van der Waals surface area (Å²) in [6.07, 6.45) is 3.22. The van der Waals surface area contributed by atoms with E-state index >= 15 is 0 Å². The molecule has 3 aromatic rings. The highest BCUT2D eigenvalue weighted by Gasteiger charge is 2.46. The van der Waals surface area contributed by atoms with Crippen LogP contribution in [0.4, 0.5) is 5.69 Å². The lowest BCUT2D eigenvalue weighted by Gasteiger charge is -2.25. The van der Waals surface area contributed by atoms with Gasteiger partial charge in [0.05, 0.1) is 11.6 Å². The summed E-state index contributed by atoms with van der Waals surface area (Å²) in [5, 5.41) is 11.0. The second-order valence-electron chi connectivity index (χ2n) is 7.56. The molecular formula is C25H22N2O3. The van der Waals surface area contributed by atoms with Gasteiger partial charge in [0.2, 0.25) is 0 Å². The van der Waals surface area contributed by atoms with Gasteiger partial charge in [0.1, 0.15) is 5.76 Å². The van der Waals surface area contributed by atoms with Crippen molar-refractivity contribution in [2.24, 2.45) is 0 Å². The molecule has 4 rings (SSSR count). The van der Waals surface area contributed by atoms with E-state index in [-0.39, 0.29) is 11.3 Å². The van der Waals surface area contributed by atoms with E-state index in [1.54, 1.807) is 48.8 Å². The summed E-state index contributed by atoms with van der Waals surface area (Å²) < 4.78 is 0. The second-order valence-corrected chi connectivity index (χ2v) is 7.56. The van der Waals surface area contributed by atoms with Crippen molar-refractivity contribution < 1.29 is 14.7 Å². The van der Waals surface area contributed by atoms with Crippen molar-refractivity contribution in [2.75, 3.05) is 4.90 Å². The number of hydrogen-bond donors (Lipinski definition) is 1. The molecule has 1 unspecified atom stereocenters. The number of Topliss-reactive ketones (excluding diaryl/α,β-unsaturated/α-hetero) is 1. The van der Waals surface area contributed by atoms with Gasteiger partial charge in [-0.3, -0.25) is 19.5 Å². The van der Waals surface area contributed by atoms with E-state index in [1.165, 1.54) is 4.90 Å². The van der Waals surface area contributed by atoms with Crippen LogP contribution in [0.2, 0.25) is 0 Å². The van der Waals surface area contributed by atoms with Crippen LogP contribution >= 0.6 is 0 Å². The minimum absolute atomic E-state index is 0.0744. The summed E-state index contributed by atoms with van der Waals surface area (Å²) in [7, 11) is 0. The van der Waals surface area contributed by atoms with Gasteiger partial charge in [-0.1, -0.05) is 56.3 Å². The maximum atomic E-state index is 13.1. The van der Waals surface area contributed by atoms with Gasteiger partial charge in [0, 0.05) is 23.6 Å². The summed E-state index contributed by atoms with van der Waals surface area (Å²) in [5.74, 6) is -1.20. The Balaban J connectivity index is 1.90. The summed E-state index contributed by atoms with van der Waals surface area (Å²) >= 11 is 0. The molecule has 1 atom stereocenters. The Hall–Kier alpha value is -3.73. The topological polar surface area (TPSA) is 70.5 Å². The Morgan fingerprint density at radius 1 is 0.933 bits per heavy atom. The van der Waals surface area contributed by atoms with E-state index in [1.807, 2.05) is 30.3 Å². The predicted molar refractivity (Wildman–Crippen MR) is 116 cm³/mol. The highest BCUT2D eigenvalue weighted by Crippen LogP contribution is 2.42. The van der Waals surface area contributed by atoms with Gasteiger partial charge in [0.25, 0.3) is 11.7 Å². The normalized spacial score (nSPS) is 18.2. The van der Waals surface area contributed by atoms with E-state index in [2.05, 4.69) is 18.8 Å². The van der Waals surface area contributed by atoms with Gasteiger partial charge in [-0.05, 0) is 41.3 Å². The van der Waals surface area contributed by atoms with Gasteiger partial charge in [-0.2, -0.15) is 0 Å². The van der Waals surface area contributed by atoms with Crippen LogP contribution in [0.1, 0.15) is 42.5 Å². The molecule has 1 fully saturated rings. The van der Waals surface area contributed by atoms with Crippen molar-refractivity contribution in [2.45, 2.75) is 25.8 Å². The zero-order valence-corrected chi connectivity index (χ0v) is 16.8. The number of aliphatic hydroxyl groups is 1. The van der Waals surface area contributed by atoms with Crippen molar-refractivity contribution in [3.8, 4) is 0 Å². The molecule has 150 valence electrons. The van der Waals surface area contributed by atoms with Crippen LogP contribution in [0.25, 0.3) is 5.76 Å². The first-order chi connectivity index (χ1) is 14.5. The number of carbonyl (C=O) groups is 2. The van der Waals surface area contributed by atoms with Crippen LogP contribution in [-0.4, -0.2) is 21.8 Å². The molecule has 1 aliphatic heterocycles. The summed E-state index contributed by atoms with van der Waals surface area (Å²) in [6, 6.07) is 19.2. The van der Waals surface area contributed by atoms with Crippen LogP contribution in [0.15, 0.2) is 84.7 Å². The maximum Gasteiger partial charge on any atom is 0.300 e. The van der Waals surface area contributed by atoms with E-state index in [0.717, 1.165) is 5.56 Å². The SMILES string of the molecule is CC(C)c1ccc(N2C(=O)C(=O)/C(=C(/O)c3ccccc3)C2c2ccncc2)cc1. The molecule has 30 heavy (non-hydrogen) atoms. The molecule has 0 spiro atoms. The minimum Gasteiger partial charge on any atom is -0.507 e. The molecule has 1 aliphatic rings. The van der Waals surface area contributed by atoms with Crippen molar-refractivity contribution in [1.29, 1.82) is 0 Å². The number of ketones is 1. The van der Waals surface area contributed by atoms with Gasteiger partial charge < -0.3 is 5.11 Å². The molecule has 1 saturated heterocycles. The number of benzene rings is 2. The number of rotatable bonds is 4. The highest BCUT2D eigenvalue weighted by atomic mass is 16.3. The average Bonchev–Trinajstić information content (AvgIpc) is 3.05. The van der Waals surface area contributed by atoms with Crippen LogP contribution in [0, 0.1) is 0 Å². The number of nitrogens with zero attached hydrogens (tertiary/aromatic N) is 2. The molecule has 1 aromatic heterocycles. The smallest absolute Gasteiger partial charge is 0.300 e. The van der Waals surface area contributed by atoms with Crippen LogP contribution in [-0.2, 0) is 9.59 Å². The summed E-state index contributed by atoms with van der Waals surface area (Å²) in [6.45, 7) is 4.19. The zero-order valence-electron chi connectivity index (χ0n) is 16.8. The molecule has 2 heterocycles. The predicted octanol–water partition coefficient (Wildman–Crippen LogP) is 4.83. The number of pyridine rings is 1. The number of amides is 1. The summed E-state index contributed by atoms with van der Waals surface area (Å²) in [5.41, 5.74) is 3.01. The number of aromatic nitrogens is 1.